The van der Waals surface area contributed by atoms with Crippen LogP contribution >= 0.6 is 0 Å². The number of aromatic nitrogens is 5. The minimum absolute atomic E-state index is 0.195. The maximum Gasteiger partial charge on any atom is 0.227 e. The molecule has 1 amide bonds. The summed E-state index contributed by atoms with van der Waals surface area (Å²) in [6.45, 7) is 8.39. The van der Waals surface area contributed by atoms with E-state index < -0.39 is 11.3 Å². The molecule has 3 heterocycles. The minimum Gasteiger partial charge on any atom is -0.384 e. The summed E-state index contributed by atoms with van der Waals surface area (Å²) in [6, 6.07) is 3.98. The van der Waals surface area contributed by atoms with Crippen molar-refractivity contribution in [1.82, 2.24) is 24.5 Å². The maximum atomic E-state index is 11.8. The van der Waals surface area contributed by atoms with Gasteiger partial charge in [-0.25, -0.2) is 15.0 Å². The first-order valence-electron chi connectivity index (χ1n) is 9.71. The molecule has 4 N–H and O–H groups in total. The molecule has 0 spiro atoms. The zero-order valence-electron chi connectivity index (χ0n) is 17.9. The fraction of sp³-hybridized carbons (Fsp3) is 0.450. The Morgan fingerprint density at radius 1 is 1.30 bits per heavy atom. The highest BCUT2D eigenvalue weighted by Gasteiger charge is 2.31. The Hall–Kier alpha value is -3.27. The molecule has 0 fully saturated rings. The smallest absolute Gasteiger partial charge is 0.227 e. The molecule has 0 bridgehead atoms. The van der Waals surface area contributed by atoms with Gasteiger partial charge >= 0.3 is 0 Å². The zero-order valence-corrected chi connectivity index (χ0v) is 17.9. The quantitative estimate of drug-likeness (QED) is 0.488. The third kappa shape index (κ3) is 4.48. The van der Waals surface area contributed by atoms with Crippen LogP contribution in [0.1, 0.15) is 32.6 Å². The number of nitrogens with zero attached hydrogens (tertiary/aromatic N) is 5. The average molecular weight is 412 g/mol. The van der Waals surface area contributed by atoms with Crippen molar-refractivity contribution in [2.45, 2.75) is 33.7 Å². The van der Waals surface area contributed by atoms with E-state index in [1.54, 1.807) is 25.4 Å². The van der Waals surface area contributed by atoms with Gasteiger partial charge in [-0.05, 0) is 33.8 Å². The standard InChI is InChI=1S/C20H28N8O2/c1-12(2)28-13(3)25-14-9-23-17(8-15(14)28)26-16-6-7-22-19(27-16)24-10-20(4,11-30-5)18(21)29/h6-9,12H,10-11H2,1-5H3,(H2,21,29)(H2,22,23,24,26,27). The highest BCUT2D eigenvalue weighted by Crippen LogP contribution is 2.24. The first-order valence-corrected chi connectivity index (χ1v) is 9.71. The number of rotatable bonds is 9. The van der Waals surface area contributed by atoms with Gasteiger partial charge in [-0.1, -0.05) is 0 Å². The molecule has 10 heteroatoms. The second-order valence-electron chi connectivity index (χ2n) is 7.78. The van der Waals surface area contributed by atoms with E-state index in [-0.39, 0.29) is 19.2 Å². The predicted molar refractivity (Wildman–Crippen MR) is 116 cm³/mol. The van der Waals surface area contributed by atoms with Crippen molar-refractivity contribution < 1.29 is 9.53 Å². The second-order valence-corrected chi connectivity index (χ2v) is 7.78. The van der Waals surface area contributed by atoms with Gasteiger partial charge in [0.05, 0.1) is 23.7 Å². The molecular formula is C20H28N8O2. The van der Waals surface area contributed by atoms with Crippen LogP contribution in [0.25, 0.3) is 11.0 Å². The first-order chi connectivity index (χ1) is 14.2. The Morgan fingerprint density at radius 3 is 2.73 bits per heavy atom. The summed E-state index contributed by atoms with van der Waals surface area (Å²) in [7, 11) is 1.53. The number of carbonyl (C=O) groups is 1. The van der Waals surface area contributed by atoms with Crippen molar-refractivity contribution >= 4 is 34.5 Å². The normalized spacial score (nSPS) is 13.4. The van der Waals surface area contributed by atoms with E-state index in [0.29, 0.717) is 17.6 Å². The van der Waals surface area contributed by atoms with Gasteiger partial charge in [0.1, 0.15) is 23.0 Å². The van der Waals surface area contributed by atoms with Gasteiger partial charge in [0.2, 0.25) is 11.9 Å². The van der Waals surface area contributed by atoms with Crippen molar-refractivity contribution in [2.24, 2.45) is 11.1 Å². The van der Waals surface area contributed by atoms with Gasteiger partial charge in [-0.15, -0.1) is 0 Å². The van der Waals surface area contributed by atoms with E-state index in [1.807, 2.05) is 13.0 Å². The molecule has 0 aliphatic rings. The van der Waals surface area contributed by atoms with Crippen molar-refractivity contribution in [3.05, 3.63) is 30.4 Å². The number of methoxy groups -OCH3 is 1. The summed E-state index contributed by atoms with van der Waals surface area (Å²) in [5.74, 6) is 2.07. The number of carbonyl (C=O) groups excluding carboxylic acids is 1. The fourth-order valence-corrected chi connectivity index (χ4v) is 3.29. The summed E-state index contributed by atoms with van der Waals surface area (Å²) < 4.78 is 7.28. The number of primary amides is 1. The number of amides is 1. The number of hydrogen-bond donors (Lipinski definition) is 3. The Morgan fingerprint density at radius 2 is 2.07 bits per heavy atom. The highest BCUT2D eigenvalue weighted by atomic mass is 16.5. The molecule has 0 aliphatic carbocycles. The van der Waals surface area contributed by atoms with Gasteiger partial charge in [-0.2, -0.15) is 4.98 Å². The van der Waals surface area contributed by atoms with E-state index in [0.717, 1.165) is 16.9 Å². The Bertz CT molecular complexity index is 1050. The number of anilines is 3. The molecule has 1 atom stereocenters. The van der Waals surface area contributed by atoms with E-state index in [1.165, 1.54) is 7.11 Å². The summed E-state index contributed by atoms with van der Waals surface area (Å²) >= 11 is 0. The van der Waals surface area contributed by atoms with E-state index in [2.05, 4.69) is 49.0 Å². The number of hydrogen-bond acceptors (Lipinski definition) is 8. The molecule has 3 aromatic rings. The molecule has 0 saturated heterocycles. The fourth-order valence-electron chi connectivity index (χ4n) is 3.29. The molecule has 0 radical (unpaired) electrons. The summed E-state index contributed by atoms with van der Waals surface area (Å²) in [5, 5.41) is 6.25. The number of fused-ring (bicyclic) bond motifs is 1. The minimum atomic E-state index is -0.874. The Balaban J connectivity index is 1.78. The molecule has 0 aromatic carbocycles. The largest absolute Gasteiger partial charge is 0.384 e. The predicted octanol–water partition coefficient (Wildman–Crippen LogP) is 2.40. The zero-order chi connectivity index (χ0) is 21.9. The van der Waals surface area contributed by atoms with Crippen LogP contribution in [0.5, 0.6) is 0 Å². The van der Waals surface area contributed by atoms with E-state index in [9.17, 15) is 4.79 Å². The molecule has 160 valence electrons. The molecule has 3 aromatic heterocycles. The van der Waals surface area contributed by atoms with Crippen molar-refractivity contribution in [1.29, 1.82) is 0 Å². The number of ether oxygens (including phenoxy) is 1. The topological polar surface area (TPSA) is 133 Å². The second kappa shape index (κ2) is 8.62. The molecule has 30 heavy (non-hydrogen) atoms. The molecule has 1 unspecified atom stereocenters. The van der Waals surface area contributed by atoms with Gasteiger partial charge in [0.15, 0.2) is 0 Å². The lowest BCUT2D eigenvalue weighted by atomic mass is 9.91. The third-order valence-electron chi connectivity index (χ3n) is 4.87. The van der Waals surface area contributed by atoms with Crippen LogP contribution in [0.4, 0.5) is 17.6 Å². The Labute approximate surface area is 175 Å². The van der Waals surface area contributed by atoms with Gasteiger partial charge in [0, 0.05) is 32.0 Å². The summed E-state index contributed by atoms with van der Waals surface area (Å²) in [4.78, 5) is 29.4. The SMILES string of the molecule is COCC(C)(CNc1nccc(Nc2cc3c(cn2)nc(C)n3C(C)C)n1)C(N)=O. The Kier molecular flexibility index (Phi) is 6.16. The van der Waals surface area contributed by atoms with Crippen LogP contribution in [0, 0.1) is 12.3 Å². The highest BCUT2D eigenvalue weighted by molar-refractivity contribution is 5.81. The lowest BCUT2D eigenvalue weighted by molar-refractivity contribution is -0.128. The van der Waals surface area contributed by atoms with Crippen molar-refractivity contribution in [3.63, 3.8) is 0 Å². The molecule has 0 saturated carbocycles. The number of imidazole rings is 1. The summed E-state index contributed by atoms with van der Waals surface area (Å²) in [5.41, 5.74) is 6.48. The van der Waals surface area contributed by atoms with Crippen LogP contribution in [-0.2, 0) is 9.53 Å². The number of aryl methyl sites for hydroxylation is 1. The molecule has 10 nitrogen and oxygen atoms in total. The van der Waals surface area contributed by atoms with Crippen LogP contribution in [0.3, 0.4) is 0 Å². The lowest BCUT2D eigenvalue weighted by Crippen LogP contribution is -2.43. The average Bonchev–Trinajstić information content (AvgIpc) is 3.02. The van der Waals surface area contributed by atoms with Gasteiger partial charge in [-0.3, -0.25) is 4.79 Å². The van der Waals surface area contributed by atoms with Crippen LogP contribution < -0.4 is 16.4 Å². The van der Waals surface area contributed by atoms with Gasteiger partial charge < -0.3 is 25.7 Å². The molecule has 3 rings (SSSR count). The van der Waals surface area contributed by atoms with Crippen LogP contribution in [0.2, 0.25) is 0 Å². The number of nitrogens with two attached hydrogens (primary N) is 1. The van der Waals surface area contributed by atoms with Crippen LogP contribution in [-0.4, -0.2) is 50.7 Å². The van der Waals surface area contributed by atoms with Crippen LogP contribution in [0.15, 0.2) is 24.5 Å². The number of nitrogens with one attached hydrogen (secondary N) is 2. The number of pyridine rings is 1. The monoisotopic (exact) mass is 412 g/mol. The maximum absolute atomic E-state index is 11.8. The summed E-state index contributed by atoms with van der Waals surface area (Å²) in [6.07, 6.45) is 3.36. The third-order valence-corrected chi connectivity index (χ3v) is 4.87. The van der Waals surface area contributed by atoms with Gasteiger partial charge in [0.25, 0.3) is 0 Å². The lowest BCUT2D eigenvalue weighted by Gasteiger charge is -2.25. The van der Waals surface area contributed by atoms with Crippen molar-refractivity contribution in [3.8, 4) is 0 Å². The molecule has 0 aliphatic heterocycles. The molecular weight excluding hydrogens is 384 g/mol. The van der Waals surface area contributed by atoms with E-state index >= 15 is 0 Å². The van der Waals surface area contributed by atoms with Crippen molar-refractivity contribution in [2.75, 3.05) is 30.9 Å². The van der Waals surface area contributed by atoms with E-state index in [4.69, 9.17) is 10.5 Å². The first kappa shape index (κ1) is 21.4.